The van der Waals surface area contributed by atoms with Gasteiger partial charge in [0.2, 0.25) is 5.91 Å². The monoisotopic (exact) mass is 230 g/mol. The van der Waals surface area contributed by atoms with E-state index in [2.05, 4.69) is 5.32 Å². The molecule has 0 aliphatic rings. The van der Waals surface area contributed by atoms with E-state index < -0.39 is 17.9 Å². The van der Waals surface area contributed by atoms with Crippen LogP contribution in [0.4, 0.5) is 0 Å². The standard InChI is InChI=1S/C9H18N4O3/c1-4-13(5-2)9(16)6(3)11-7(14)8(15)12-10/h6H,4-5,10H2,1-3H3,(H,11,14)(H,12,15). The highest BCUT2D eigenvalue weighted by atomic mass is 16.2. The maximum Gasteiger partial charge on any atom is 0.323 e. The maximum absolute atomic E-state index is 11.7. The molecule has 16 heavy (non-hydrogen) atoms. The number of nitrogens with one attached hydrogen (secondary N) is 2. The summed E-state index contributed by atoms with van der Waals surface area (Å²) in [7, 11) is 0. The summed E-state index contributed by atoms with van der Waals surface area (Å²) in [6.45, 7) is 6.30. The first-order valence-corrected chi connectivity index (χ1v) is 5.08. The third-order valence-corrected chi connectivity index (χ3v) is 2.13. The lowest BCUT2D eigenvalue weighted by molar-refractivity contribution is -0.142. The van der Waals surface area contributed by atoms with Gasteiger partial charge < -0.3 is 10.2 Å². The zero-order chi connectivity index (χ0) is 12.7. The molecule has 4 N–H and O–H groups in total. The molecule has 7 nitrogen and oxygen atoms in total. The van der Waals surface area contributed by atoms with Gasteiger partial charge in [-0.1, -0.05) is 0 Å². The Morgan fingerprint density at radius 3 is 2.06 bits per heavy atom. The first-order valence-electron chi connectivity index (χ1n) is 5.08. The molecule has 0 aromatic heterocycles. The molecule has 0 heterocycles. The van der Waals surface area contributed by atoms with Crippen LogP contribution in [0.1, 0.15) is 20.8 Å². The van der Waals surface area contributed by atoms with Crippen molar-refractivity contribution < 1.29 is 14.4 Å². The van der Waals surface area contributed by atoms with Gasteiger partial charge in [-0.25, -0.2) is 5.84 Å². The summed E-state index contributed by atoms with van der Waals surface area (Å²) >= 11 is 0. The van der Waals surface area contributed by atoms with Crippen LogP contribution < -0.4 is 16.6 Å². The molecule has 0 saturated carbocycles. The molecule has 1 unspecified atom stereocenters. The summed E-state index contributed by atoms with van der Waals surface area (Å²) in [4.78, 5) is 35.2. The van der Waals surface area contributed by atoms with Crippen molar-refractivity contribution in [2.75, 3.05) is 13.1 Å². The Labute approximate surface area is 94.3 Å². The lowest BCUT2D eigenvalue weighted by Gasteiger charge is -2.23. The topological polar surface area (TPSA) is 105 Å². The van der Waals surface area contributed by atoms with Gasteiger partial charge in [-0.3, -0.25) is 19.8 Å². The average molecular weight is 230 g/mol. The molecule has 7 heteroatoms. The zero-order valence-corrected chi connectivity index (χ0v) is 9.74. The van der Waals surface area contributed by atoms with Gasteiger partial charge in [0, 0.05) is 13.1 Å². The number of hydrazine groups is 1. The number of hydrogen-bond donors (Lipinski definition) is 3. The lowest BCUT2D eigenvalue weighted by Crippen LogP contribution is -2.51. The van der Waals surface area contributed by atoms with Gasteiger partial charge in [-0.05, 0) is 20.8 Å². The minimum Gasteiger partial charge on any atom is -0.341 e. The Morgan fingerprint density at radius 1 is 1.19 bits per heavy atom. The molecule has 0 spiro atoms. The van der Waals surface area contributed by atoms with Crippen LogP contribution in [0.15, 0.2) is 0 Å². The summed E-state index contributed by atoms with van der Waals surface area (Å²) in [6.07, 6.45) is 0. The van der Waals surface area contributed by atoms with Crippen LogP contribution in [-0.2, 0) is 14.4 Å². The Balaban J connectivity index is 4.35. The SMILES string of the molecule is CCN(CC)C(=O)C(C)NC(=O)C(=O)NN. The molecule has 0 aliphatic carbocycles. The van der Waals surface area contributed by atoms with Crippen molar-refractivity contribution in [2.45, 2.75) is 26.8 Å². The first-order chi connectivity index (χ1) is 7.47. The molecule has 0 aliphatic heterocycles. The smallest absolute Gasteiger partial charge is 0.323 e. The third kappa shape index (κ3) is 3.85. The van der Waals surface area contributed by atoms with Crippen molar-refractivity contribution in [3.05, 3.63) is 0 Å². The van der Waals surface area contributed by atoms with Crippen LogP contribution in [0, 0.1) is 0 Å². The zero-order valence-electron chi connectivity index (χ0n) is 9.74. The number of carbonyl (C=O) groups excluding carboxylic acids is 3. The van der Waals surface area contributed by atoms with Crippen LogP contribution in [0.3, 0.4) is 0 Å². The number of carbonyl (C=O) groups is 3. The molecule has 3 amide bonds. The summed E-state index contributed by atoms with van der Waals surface area (Å²) in [5.41, 5.74) is 1.69. The summed E-state index contributed by atoms with van der Waals surface area (Å²) in [5.74, 6) is 2.65. The Bertz CT molecular complexity index is 276. The van der Waals surface area contributed by atoms with Crippen molar-refractivity contribution in [1.82, 2.24) is 15.6 Å². The number of likely N-dealkylation sites (N-methyl/N-ethyl adjacent to an activating group) is 1. The van der Waals surface area contributed by atoms with Gasteiger partial charge in [0.1, 0.15) is 6.04 Å². The van der Waals surface area contributed by atoms with Gasteiger partial charge in [-0.15, -0.1) is 0 Å². The molecular weight excluding hydrogens is 212 g/mol. The number of amides is 3. The van der Waals surface area contributed by atoms with Gasteiger partial charge >= 0.3 is 11.8 Å². The molecule has 0 rings (SSSR count). The predicted octanol–water partition coefficient (Wildman–Crippen LogP) is -1.65. The number of rotatable bonds is 4. The second-order valence-corrected chi connectivity index (χ2v) is 3.18. The largest absolute Gasteiger partial charge is 0.341 e. The number of hydrogen-bond acceptors (Lipinski definition) is 4. The van der Waals surface area contributed by atoms with E-state index in [0.29, 0.717) is 13.1 Å². The van der Waals surface area contributed by atoms with Crippen molar-refractivity contribution in [1.29, 1.82) is 0 Å². The average Bonchev–Trinajstić information content (AvgIpc) is 2.29. The maximum atomic E-state index is 11.7. The fraction of sp³-hybridized carbons (Fsp3) is 0.667. The first kappa shape index (κ1) is 14.4. The van der Waals surface area contributed by atoms with Crippen molar-refractivity contribution >= 4 is 17.7 Å². The highest BCUT2D eigenvalue weighted by Gasteiger charge is 2.22. The molecule has 1 atom stereocenters. The molecule has 92 valence electrons. The van der Waals surface area contributed by atoms with Crippen LogP contribution in [0.5, 0.6) is 0 Å². The second-order valence-electron chi connectivity index (χ2n) is 3.18. The Morgan fingerprint density at radius 2 is 1.69 bits per heavy atom. The van der Waals surface area contributed by atoms with Crippen molar-refractivity contribution in [3.8, 4) is 0 Å². The van der Waals surface area contributed by atoms with Crippen LogP contribution in [0.25, 0.3) is 0 Å². The lowest BCUT2D eigenvalue weighted by atomic mass is 10.2. The van der Waals surface area contributed by atoms with Crippen LogP contribution in [0.2, 0.25) is 0 Å². The van der Waals surface area contributed by atoms with E-state index in [1.165, 1.54) is 6.92 Å². The summed E-state index contributed by atoms with van der Waals surface area (Å²) < 4.78 is 0. The van der Waals surface area contributed by atoms with Gasteiger partial charge in [0.25, 0.3) is 0 Å². The number of nitrogens with two attached hydrogens (primary N) is 1. The number of nitrogens with zero attached hydrogens (tertiary/aromatic N) is 1. The fourth-order valence-electron chi connectivity index (χ4n) is 1.20. The van der Waals surface area contributed by atoms with Gasteiger partial charge in [-0.2, -0.15) is 0 Å². The van der Waals surface area contributed by atoms with Crippen molar-refractivity contribution in [2.24, 2.45) is 5.84 Å². The molecule has 0 radical (unpaired) electrons. The minimum atomic E-state index is -0.973. The minimum absolute atomic E-state index is 0.233. The van der Waals surface area contributed by atoms with E-state index in [4.69, 9.17) is 5.84 Å². The summed E-state index contributed by atoms with van der Waals surface area (Å²) in [6, 6.07) is -0.746. The van der Waals surface area contributed by atoms with Crippen molar-refractivity contribution in [3.63, 3.8) is 0 Å². The second kappa shape index (κ2) is 6.78. The van der Waals surface area contributed by atoms with Crippen LogP contribution >= 0.6 is 0 Å². The quantitative estimate of drug-likeness (QED) is 0.233. The summed E-state index contributed by atoms with van der Waals surface area (Å²) in [5, 5.41) is 2.26. The normalized spacial score (nSPS) is 11.5. The van der Waals surface area contributed by atoms with Crippen LogP contribution in [-0.4, -0.2) is 41.8 Å². The molecule has 0 fully saturated rings. The predicted molar refractivity (Wildman–Crippen MR) is 57.9 cm³/mol. The van der Waals surface area contributed by atoms with Gasteiger partial charge in [0.05, 0.1) is 0 Å². The molecule has 0 saturated heterocycles. The molecule has 0 aromatic carbocycles. The highest BCUT2D eigenvalue weighted by molar-refractivity contribution is 6.35. The van der Waals surface area contributed by atoms with E-state index >= 15 is 0 Å². The molecule has 0 bridgehead atoms. The van der Waals surface area contributed by atoms with E-state index in [1.54, 1.807) is 10.3 Å². The van der Waals surface area contributed by atoms with E-state index in [-0.39, 0.29) is 5.91 Å². The fourth-order valence-corrected chi connectivity index (χ4v) is 1.20. The Kier molecular flexibility index (Phi) is 6.09. The van der Waals surface area contributed by atoms with Gasteiger partial charge in [0.15, 0.2) is 0 Å². The molecule has 0 aromatic rings. The molecular formula is C9H18N4O3. The van der Waals surface area contributed by atoms with E-state index in [1.807, 2.05) is 13.8 Å². The third-order valence-electron chi connectivity index (χ3n) is 2.13. The Hall–Kier alpha value is -1.63. The highest BCUT2D eigenvalue weighted by Crippen LogP contribution is 1.94. The van der Waals surface area contributed by atoms with E-state index in [9.17, 15) is 14.4 Å². The van der Waals surface area contributed by atoms with E-state index in [0.717, 1.165) is 0 Å².